The minimum Gasteiger partial charge on any atom is -0.377 e. The zero-order chi connectivity index (χ0) is 16.3. The molecule has 0 amide bonds. The van der Waals surface area contributed by atoms with Gasteiger partial charge in [0.15, 0.2) is 0 Å². The predicted octanol–water partition coefficient (Wildman–Crippen LogP) is 3.37. The van der Waals surface area contributed by atoms with Crippen molar-refractivity contribution in [3.05, 3.63) is 28.5 Å². The third-order valence-electron chi connectivity index (χ3n) is 3.86. The van der Waals surface area contributed by atoms with E-state index in [9.17, 15) is 12.8 Å². The molecule has 1 unspecified atom stereocenters. The SMILES string of the molecule is CCN(CC1CCCCO1)S(=O)(=O)c1cc(C)c(F)cc1Cl. The molecular formula is C15H21ClFNO3S. The fourth-order valence-electron chi connectivity index (χ4n) is 2.54. The molecule has 2 rings (SSSR count). The smallest absolute Gasteiger partial charge is 0.244 e. The van der Waals surface area contributed by atoms with Crippen molar-refractivity contribution >= 4 is 21.6 Å². The number of benzene rings is 1. The molecule has 1 saturated heterocycles. The van der Waals surface area contributed by atoms with E-state index in [4.69, 9.17) is 16.3 Å². The first kappa shape index (κ1) is 17.7. The summed E-state index contributed by atoms with van der Waals surface area (Å²) >= 11 is 5.95. The zero-order valence-electron chi connectivity index (χ0n) is 12.8. The Balaban J connectivity index is 2.28. The van der Waals surface area contributed by atoms with Gasteiger partial charge < -0.3 is 4.74 Å². The van der Waals surface area contributed by atoms with Crippen LogP contribution in [0, 0.1) is 12.7 Å². The van der Waals surface area contributed by atoms with Gasteiger partial charge in [-0.25, -0.2) is 12.8 Å². The third-order valence-corrected chi connectivity index (χ3v) is 6.27. The second-order valence-corrected chi connectivity index (χ2v) is 7.79. The highest BCUT2D eigenvalue weighted by molar-refractivity contribution is 7.89. The summed E-state index contributed by atoms with van der Waals surface area (Å²) in [5.41, 5.74) is 0.257. The molecule has 0 N–H and O–H groups in total. The van der Waals surface area contributed by atoms with E-state index in [1.165, 1.54) is 17.3 Å². The molecule has 1 aromatic carbocycles. The van der Waals surface area contributed by atoms with Crippen LogP contribution in [0.1, 0.15) is 31.7 Å². The van der Waals surface area contributed by atoms with Crippen LogP contribution in [-0.4, -0.2) is 38.5 Å². The Morgan fingerprint density at radius 1 is 1.41 bits per heavy atom. The van der Waals surface area contributed by atoms with E-state index in [0.29, 0.717) is 19.7 Å². The summed E-state index contributed by atoms with van der Waals surface area (Å²) in [6.45, 7) is 4.56. The Morgan fingerprint density at radius 2 is 2.14 bits per heavy atom. The summed E-state index contributed by atoms with van der Waals surface area (Å²) in [4.78, 5) is -0.0503. The Labute approximate surface area is 136 Å². The Bertz CT molecular complexity index is 630. The number of likely N-dealkylation sites (N-methyl/N-ethyl adjacent to an activating group) is 1. The molecule has 124 valence electrons. The summed E-state index contributed by atoms with van der Waals surface area (Å²) in [6.07, 6.45) is 2.81. The van der Waals surface area contributed by atoms with Crippen LogP contribution in [0.15, 0.2) is 17.0 Å². The molecule has 4 nitrogen and oxygen atoms in total. The molecular weight excluding hydrogens is 329 g/mol. The molecule has 1 atom stereocenters. The van der Waals surface area contributed by atoms with Crippen LogP contribution < -0.4 is 0 Å². The third kappa shape index (κ3) is 3.79. The maximum atomic E-state index is 13.5. The number of nitrogens with zero attached hydrogens (tertiary/aromatic N) is 1. The molecule has 0 spiro atoms. The Kier molecular flexibility index (Phi) is 5.82. The minimum absolute atomic E-state index is 0.0503. The van der Waals surface area contributed by atoms with E-state index in [-0.39, 0.29) is 21.6 Å². The second kappa shape index (κ2) is 7.25. The first-order chi connectivity index (χ1) is 10.4. The molecule has 0 bridgehead atoms. The van der Waals surface area contributed by atoms with Gasteiger partial charge in [0.05, 0.1) is 11.1 Å². The van der Waals surface area contributed by atoms with Gasteiger partial charge in [-0.05, 0) is 43.9 Å². The van der Waals surface area contributed by atoms with E-state index in [1.807, 2.05) is 0 Å². The van der Waals surface area contributed by atoms with Crippen LogP contribution in [0.4, 0.5) is 4.39 Å². The molecule has 1 aliphatic rings. The number of halogens is 2. The van der Waals surface area contributed by atoms with Crippen molar-refractivity contribution in [2.45, 2.75) is 44.1 Å². The highest BCUT2D eigenvalue weighted by atomic mass is 35.5. The lowest BCUT2D eigenvalue weighted by atomic mass is 10.1. The molecule has 1 aromatic rings. The number of aryl methyl sites for hydroxylation is 1. The Hall–Kier alpha value is -0.690. The largest absolute Gasteiger partial charge is 0.377 e. The van der Waals surface area contributed by atoms with Gasteiger partial charge in [0.25, 0.3) is 0 Å². The maximum Gasteiger partial charge on any atom is 0.244 e. The van der Waals surface area contributed by atoms with Crippen LogP contribution in [0.25, 0.3) is 0 Å². The summed E-state index contributed by atoms with van der Waals surface area (Å²) in [7, 11) is -3.77. The molecule has 0 radical (unpaired) electrons. The maximum absolute atomic E-state index is 13.5. The van der Waals surface area contributed by atoms with Crippen molar-refractivity contribution in [1.29, 1.82) is 0 Å². The van der Waals surface area contributed by atoms with Gasteiger partial charge in [0.1, 0.15) is 10.7 Å². The van der Waals surface area contributed by atoms with E-state index >= 15 is 0 Å². The summed E-state index contributed by atoms with van der Waals surface area (Å²) in [5, 5.41) is -0.0916. The predicted molar refractivity (Wildman–Crippen MR) is 84.2 cm³/mol. The summed E-state index contributed by atoms with van der Waals surface area (Å²) in [6, 6.07) is 2.34. The number of rotatable bonds is 5. The fraction of sp³-hybridized carbons (Fsp3) is 0.600. The first-order valence-electron chi connectivity index (χ1n) is 7.43. The van der Waals surface area contributed by atoms with Gasteiger partial charge in [-0.15, -0.1) is 0 Å². The van der Waals surface area contributed by atoms with Crippen molar-refractivity contribution in [3.63, 3.8) is 0 Å². The van der Waals surface area contributed by atoms with Crippen molar-refractivity contribution in [3.8, 4) is 0 Å². The lowest BCUT2D eigenvalue weighted by Gasteiger charge is -2.29. The topological polar surface area (TPSA) is 46.6 Å². The molecule has 7 heteroatoms. The average molecular weight is 350 g/mol. The first-order valence-corrected chi connectivity index (χ1v) is 9.25. The van der Waals surface area contributed by atoms with Crippen molar-refractivity contribution in [1.82, 2.24) is 4.31 Å². The highest BCUT2D eigenvalue weighted by Crippen LogP contribution is 2.28. The van der Waals surface area contributed by atoms with E-state index in [0.717, 1.165) is 25.3 Å². The summed E-state index contributed by atoms with van der Waals surface area (Å²) < 4.78 is 46.0. The fourth-order valence-corrected chi connectivity index (χ4v) is 4.60. The molecule has 0 aliphatic carbocycles. The molecule has 0 saturated carbocycles. The molecule has 1 fully saturated rings. The normalized spacial score (nSPS) is 19.6. The number of ether oxygens (including phenoxy) is 1. The molecule has 22 heavy (non-hydrogen) atoms. The van der Waals surface area contributed by atoms with Crippen LogP contribution in [0.5, 0.6) is 0 Å². The van der Waals surface area contributed by atoms with E-state index in [2.05, 4.69) is 0 Å². The second-order valence-electron chi connectivity index (χ2n) is 5.48. The van der Waals surface area contributed by atoms with Gasteiger partial charge in [-0.3, -0.25) is 0 Å². The van der Waals surface area contributed by atoms with Crippen molar-refractivity contribution in [2.24, 2.45) is 0 Å². The molecule has 1 heterocycles. The lowest BCUT2D eigenvalue weighted by Crippen LogP contribution is -2.39. The average Bonchev–Trinajstić information content (AvgIpc) is 2.49. The lowest BCUT2D eigenvalue weighted by molar-refractivity contribution is 0.00670. The Morgan fingerprint density at radius 3 is 2.73 bits per heavy atom. The van der Waals surface area contributed by atoms with Gasteiger partial charge in [0, 0.05) is 19.7 Å². The van der Waals surface area contributed by atoms with Crippen LogP contribution in [-0.2, 0) is 14.8 Å². The minimum atomic E-state index is -3.77. The quantitative estimate of drug-likeness (QED) is 0.818. The van der Waals surface area contributed by atoms with Gasteiger partial charge >= 0.3 is 0 Å². The highest BCUT2D eigenvalue weighted by Gasteiger charge is 2.29. The zero-order valence-corrected chi connectivity index (χ0v) is 14.4. The van der Waals surface area contributed by atoms with Gasteiger partial charge in [-0.1, -0.05) is 18.5 Å². The van der Waals surface area contributed by atoms with Crippen molar-refractivity contribution < 1.29 is 17.5 Å². The molecule has 0 aromatic heterocycles. The standard InChI is InChI=1S/C15H21ClFNO3S/c1-3-18(10-12-6-4-5-7-21-12)22(19,20)15-8-11(2)14(17)9-13(15)16/h8-9,12H,3-7,10H2,1-2H3. The number of hydrogen-bond acceptors (Lipinski definition) is 3. The monoisotopic (exact) mass is 349 g/mol. The van der Waals surface area contributed by atoms with Crippen LogP contribution in [0.3, 0.4) is 0 Å². The number of hydrogen-bond donors (Lipinski definition) is 0. The van der Waals surface area contributed by atoms with Crippen molar-refractivity contribution in [2.75, 3.05) is 19.7 Å². The van der Waals surface area contributed by atoms with Crippen LogP contribution >= 0.6 is 11.6 Å². The van der Waals surface area contributed by atoms with Gasteiger partial charge in [0.2, 0.25) is 10.0 Å². The summed E-state index contributed by atoms with van der Waals surface area (Å²) in [5.74, 6) is -0.511. The van der Waals surface area contributed by atoms with E-state index in [1.54, 1.807) is 6.92 Å². The number of sulfonamides is 1. The van der Waals surface area contributed by atoms with Crippen LogP contribution in [0.2, 0.25) is 5.02 Å². The van der Waals surface area contributed by atoms with Gasteiger partial charge in [-0.2, -0.15) is 4.31 Å². The van der Waals surface area contributed by atoms with E-state index < -0.39 is 15.8 Å². The molecule has 1 aliphatic heterocycles.